The predicted octanol–water partition coefficient (Wildman–Crippen LogP) is -0.922. The van der Waals surface area contributed by atoms with Gasteiger partial charge >= 0.3 is 0 Å². The summed E-state index contributed by atoms with van der Waals surface area (Å²) in [5.74, 6) is -0.627. The van der Waals surface area contributed by atoms with Gasteiger partial charge in [-0.3, -0.25) is 19.4 Å². The van der Waals surface area contributed by atoms with E-state index in [1.807, 2.05) is 6.08 Å². The Morgan fingerprint density at radius 1 is 1.39 bits per heavy atom. The van der Waals surface area contributed by atoms with Crippen molar-refractivity contribution in [2.24, 2.45) is 5.92 Å². The van der Waals surface area contributed by atoms with Crippen LogP contribution in [0.1, 0.15) is 13.3 Å². The van der Waals surface area contributed by atoms with Crippen molar-refractivity contribution in [1.82, 2.24) is 15.3 Å². The lowest BCUT2D eigenvalue weighted by Gasteiger charge is -2.43. The van der Waals surface area contributed by atoms with Crippen molar-refractivity contribution >= 4 is 17.6 Å². The Morgan fingerprint density at radius 2 is 2.17 bits per heavy atom. The molecule has 3 aliphatic rings. The molecule has 0 radical (unpaired) electrons. The minimum absolute atomic E-state index is 0.0188. The third-order valence-electron chi connectivity index (χ3n) is 3.92. The number of hydrogen-bond donors (Lipinski definition) is 1. The molecule has 3 rings (SSSR count). The summed E-state index contributed by atoms with van der Waals surface area (Å²) >= 11 is 0. The zero-order valence-corrected chi connectivity index (χ0v) is 10.1. The highest BCUT2D eigenvalue weighted by molar-refractivity contribution is 6.01. The first-order valence-corrected chi connectivity index (χ1v) is 6.15. The van der Waals surface area contributed by atoms with Crippen molar-refractivity contribution in [1.29, 1.82) is 0 Å². The van der Waals surface area contributed by atoms with Crippen molar-refractivity contribution < 1.29 is 14.4 Å². The highest BCUT2D eigenvalue weighted by Crippen LogP contribution is 2.32. The largest absolute Gasteiger partial charge is 0.328 e. The molecule has 3 heterocycles. The number of nitrogens with one attached hydrogen (secondary N) is 1. The van der Waals surface area contributed by atoms with Crippen LogP contribution in [0.3, 0.4) is 0 Å². The molecule has 18 heavy (non-hydrogen) atoms. The molecule has 1 N–H and O–H groups in total. The van der Waals surface area contributed by atoms with Crippen LogP contribution in [-0.4, -0.2) is 52.7 Å². The van der Waals surface area contributed by atoms with E-state index in [0.717, 1.165) is 0 Å². The van der Waals surface area contributed by atoms with Crippen molar-refractivity contribution in [2.45, 2.75) is 25.4 Å². The van der Waals surface area contributed by atoms with E-state index < -0.39 is 12.1 Å². The standard InChI is InChI=1S/C12H15N3O3/c1-7(16)8-4-6-14-10(8)12(18)15-9(11(14)17)3-2-5-13-15/h2-3,8-10,13H,4-6H2,1H3. The third kappa shape index (κ3) is 1.42. The first-order valence-electron chi connectivity index (χ1n) is 6.15. The number of nitrogens with zero attached hydrogens (tertiary/aromatic N) is 2. The van der Waals surface area contributed by atoms with E-state index in [9.17, 15) is 14.4 Å². The Hall–Kier alpha value is -1.69. The molecule has 2 amide bonds. The van der Waals surface area contributed by atoms with Crippen LogP contribution in [0, 0.1) is 5.92 Å². The van der Waals surface area contributed by atoms with Crippen LogP contribution >= 0.6 is 0 Å². The smallest absolute Gasteiger partial charge is 0.261 e. The van der Waals surface area contributed by atoms with Gasteiger partial charge in [0.1, 0.15) is 17.9 Å². The van der Waals surface area contributed by atoms with Gasteiger partial charge in [0.25, 0.3) is 11.8 Å². The minimum Gasteiger partial charge on any atom is -0.328 e. The molecule has 2 saturated heterocycles. The number of amides is 2. The van der Waals surface area contributed by atoms with Gasteiger partial charge in [-0.2, -0.15) is 0 Å². The molecule has 0 aliphatic carbocycles. The average Bonchev–Trinajstić information content (AvgIpc) is 2.81. The summed E-state index contributed by atoms with van der Waals surface area (Å²) in [6.45, 7) is 2.52. The highest BCUT2D eigenvalue weighted by atomic mass is 16.2. The second-order valence-electron chi connectivity index (χ2n) is 4.93. The van der Waals surface area contributed by atoms with Gasteiger partial charge in [-0.25, -0.2) is 5.43 Å². The predicted molar refractivity (Wildman–Crippen MR) is 62.1 cm³/mol. The molecule has 3 aliphatic heterocycles. The highest BCUT2D eigenvalue weighted by Gasteiger charge is 2.52. The summed E-state index contributed by atoms with van der Waals surface area (Å²) in [4.78, 5) is 37.8. The molecular formula is C12H15N3O3. The number of ketones is 1. The number of piperazine rings is 1. The number of Topliss-reactive ketones (excluding diaryl/α,β-unsaturated/α-hetero) is 1. The van der Waals surface area contributed by atoms with E-state index in [4.69, 9.17) is 0 Å². The van der Waals surface area contributed by atoms with E-state index in [-0.39, 0.29) is 23.5 Å². The van der Waals surface area contributed by atoms with Gasteiger partial charge < -0.3 is 4.90 Å². The second kappa shape index (κ2) is 3.91. The lowest BCUT2D eigenvalue weighted by atomic mass is 9.93. The van der Waals surface area contributed by atoms with Gasteiger partial charge in [0.15, 0.2) is 0 Å². The number of fused-ring (bicyclic) bond motifs is 2. The van der Waals surface area contributed by atoms with E-state index in [1.54, 1.807) is 11.0 Å². The summed E-state index contributed by atoms with van der Waals surface area (Å²) in [5.41, 5.74) is 2.91. The Labute approximate surface area is 105 Å². The van der Waals surface area contributed by atoms with Gasteiger partial charge in [0, 0.05) is 19.0 Å². The van der Waals surface area contributed by atoms with Crippen molar-refractivity contribution in [2.75, 3.05) is 13.1 Å². The van der Waals surface area contributed by atoms with Crippen molar-refractivity contribution in [3.8, 4) is 0 Å². The fourth-order valence-electron chi connectivity index (χ4n) is 3.02. The minimum atomic E-state index is -0.606. The van der Waals surface area contributed by atoms with Crippen LogP contribution in [0.2, 0.25) is 0 Å². The van der Waals surface area contributed by atoms with Gasteiger partial charge in [-0.1, -0.05) is 12.2 Å². The fourth-order valence-corrected chi connectivity index (χ4v) is 3.02. The first-order chi connectivity index (χ1) is 8.61. The molecule has 96 valence electrons. The second-order valence-corrected chi connectivity index (χ2v) is 4.93. The number of carbonyl (C=O) groups excluding carboxylic acids is 3. The topological polar surface area (TPSA) is 69.7 Å². The lowest BCUT2D eigenvalue weighted by Crippen LogP contribution is -2.68. The van der Waals surface area contributed by atoms with E-state index in [1.165, 1.54) is 11.9 Å². The number of hydrazine groups is 1. The van der Waals surface area contributed by atoms with Gasteiger partial charge in [0.2, 0.25) is 0 Å². The number of rotatable bonds is 1. The molecule has 6 nitrogen and oxygen atoms in total. The molecule has 3 unspecified atom stereocenters. The summed E-state index contributed by atoms with van der Waals surface area (Å²) < 4.78 is 0. The molecule has 0 aromatic heterocycles. The Kier molecular flexibility index (Phi) is 2.48. The van der Waals surface area contributed by atoms with Crippen LogP contribution in [0.25, 0.3) is 0 Å². The molecule has 0 bridgehead atoms. The number of hydrogen-bond acceptors (Lipinski definition) is 4. The van der Waals surface area contributed by atoms with Crippen LogP contribution in [-0.2, 0) is 14.4 Å². The third-order valence-corrected chi connectivity index (χ3v) is 3.92. The maximum Gasteiger partial charge on any atom is 0.261 e. The normalized spacial score (nSPS) is 34.6. The zero-order valence-electron chi connectivity index (χ0n) is 10.1. The van der Waals surface area contributed by atoms with Crippen LogP contribution in [0.4, 0.5) is 0 Å². The average molecular weight is 249 g/mol. The molecule has 0 spiro atoms. The van der Waals surface area contributed by atoms with Crippen LogP contribution in [0.15, 0.2) is 12.2 Å². The quantitative estimate of drug-likeness (QED) is 0.610. The van der Waals surface area contributed by atoms with Crippen molar-refractivity contribution in [3.05, 3.63) is 12.2 Å². The Balaban J connectivity index is 1.97. The SMILES string of the molecule is CC(=O)C1CCN2C(=O)C3C=CCNN3C(=O)C12. The van der Waals surface area contributed by atoms with Crippen molar-refractivity contribution in [3.63, 3.8) is 0 Å². The molecule has 6 heteroatoms. The van der Waals surface area contributed by atoms with Gasteiger partial charge in [-0.15, -0.1) is 0 Å². The maximum absolute atomic E-state index is 12.4. The van der Waals surface area contributed by atoms with Crippen LogP contribution < -0.4 is 5.43 Å². The van der Waals surface area contributed by atoms with E-state index >= 15 is 0 Å². The first kappa shape index (κ1) is 11.4. The van der Waals surface area contributed by atoms with Gasteiger partial charge in [0.05, 0.1) is 0 Å². The van der Waals surface area contributed by atoms with Gasteiger partial charge in [-0.05, 0) is 13.3 Å². The summed E-state index contributed by atoms with van der Waals surface area (Å²) in [7, 11) is 0. The zero-order chi connectivity index (χ0) is 12.9. The maximum atomic E-state index is 12.4. The van der Waals surface area contributed by atoms with E-state index in [0.29, 0.717) is 19.5 Å². The monoisotopic (exact) mass is 249 g/mol. The molecule has 0 aromatic rings. The Morgan fingerprint density at radius 3 is 2.89 bits per heavy atom. The summed E-state index contributed by atoms with van der Waals surface area (Å²) in [5, 5.41) is 1.38. The molecule has 2 fully saturated rings. The molecule has 0 aromatic carbocycles. The summed E-state index contributed by atoms with van der Waals surface area (Å²) in [6.07, 6.45) is 4.17. The molecule has 3 atom stereocenters. The van der Waals surface area contributed by atoms with Crippen LogP contribution in [0.5, 0.6) is 0 Å². The molecule has 0 saturated carbocycles. The molecular weight excluding hydrogens is 234 g/mol. The summed E-state index contributed by atoms with van der Waals surface area (Å²) in [6, 6.07) is -1.15. The fraction of sp³-hybridized carbons (Fsp3) is 0.583. The Bertz CT molecular complexity index is 459. The lowest BCUT2D eigenvalue weighted by molar-refractivity contribution is -0.163. The number of carbonyl (C=O) groups is 3. The van der Waals surface area contributed by atoms with E-state index in [2.05, 4.69) is 5.43 Å².